The zero-order valence-corrected chi connectivity index (χ0v) is 10.1. The second-order valence-electron chi connectivity index (χ2n) is 3.81. The summed E-state index contributed by atoms with van der Waals surface area (Å²) in [6, 6.07) is 8.42. The van der Waals surface area contributed by atoms with E-state index in [0.717, 1.165) is 12.1 Å². The van der Waals surface area contributed by atoms with Gasteiger partial charge in [0.15, 0.2) is 0 Å². The van der Waals surface area contributed by atoms with Gasteiger partial charge in [-0.25, -0.2) is 0 Å². The van der Waals surface area contributed by atoms with Crippen LogP contribution in [0.25, 0.3) is 0 Å². The van der Waals surface area contributed by atoms with Crippen molar-refractivity contribution in [3.63, 3.8) is 0 Å². The van der Waals surface area contributed by atoms with E-state index in [4.69, 9.17) is 16.2 Å². The Morgan fingerprint density at radius 3 is 2.65 bits per heavy atom. The zero-order chi connectivity index (χ0) is 14.7. The van der Waals surface area contributed by atoms with Crippen LogP contribution in [0.5, 0.6) is 11.6 Å². The molecule has 0 bridgehead atoms. The second kappa shape index (κ2) is 5.22. The molecule has 8 nitrogen and oxygen atoms in total. The van der Waals surface area contributed by atoms with E-state index in [1.807, 2.05) is 0 Å². The quantitative estimate of drug-likeness (QED) is 0.640. The Hall–Kier alpha value is -3.16. The van der Waals surface area contributed by atoms with Crippen LogP contribution in [-0.4, -0.2) is 15.8 Å². The van der Waals surface area contributed by atoms with Crippen LogP contribution < -0.4 is 16.2 Å². The summed E-state index contributed by atoms with van der Waals surface area (Å²) in [6.07, 6.45) is 0. The van der Waals surface area contributed by atoms with Crippen molar-refractivity contribution in [1.82, 2.24) is 4.98 Å². The van der Waals surface area contributed by atoms with Gasteiger partial charge in [-0.05, 0) is 12.1 Å². The van der Waals surface area contributed by atoms with Crippen molar-refractivity contribution in [2.75, 3.05) is 5.73 Å². The topological polar surface area (TPSA) is 134 Å². The number of benzene rings is 1. The van der Waals surface area contributed by atoms with Crippen molar-refractivity contribution in [2.45, 2.75) is 0 Å². The van der Waals surface area contributed by atoms with Gasteiger partial charge in [-0.3, -0.25) is 14.9 Å². The molecule has 0 aliphatic rings. The van der Waals surface area contributed by atoms with E-state index in [-0.39, 0.29) is 28.7 Å². The number of carbonyl (C=O) groups is 1. The lowest BCUT2D eigenvalue weighted by Gasteiger charge is -2.08. The molecule has 0 saturated carbocycles. The molecule has 4 N–H and O–H groups in total. The highest BCUT2D eigenvalue weighted by molar-refractivity contribution is 5.95. The van der Waals surface area contributed by atoms with Crippen LogP contribution >= 0.6 is 0 Å². The predicted molar refractivity (Wildman–Crippen MR) is 70.3 cm³/mol. The molecule has 0 saturated heterocycles. The minimum Gasteiger partial charge on any atom is -0.438 e. The molecular formula is C12H10N4O4. The molecule has 0 unspecified atom stereocenters. The highest BCUT2D eigenvalue weighted by atomic mass is 16.6. The summed E-state index contributed by atoms with van der Waals surface area (Å²) in [5.74, 6) is -0.692. The van der Waals surface area contributed by atoms with E-state index in [9.17, 15) is 14.9 Å². The summed E-state index contributed by atoms with van der Waals surface area (Å²) >= 11 is 0. The maximum Gasteiger partial charge on any atom is 0.278 e. The first-order valence-corrected chi connectivity index (χ1v) is 5.46. The van der Waals surface area contributed by atoms with Gasteiger partial charge in [-0.2, -0.15) is 4.98 Å². The molecule has 0 aliphatic heterocycles. The van der Waals surface area contributed by atoms with Crippen molar-refractivity contribution in [3.8, 4) is 11.6 Å². The molecule has 1 heterocycles. The standard InChI is InChI=1S/C12H10N4O4/c13-10-5-7(16(18)19)6-11(15-10)20-9-4-2-1-3-8(9)12(14)17/h1-6H,(H2,13,15)(H2,14,17). The molecule has 2 rings (SSSR count). The van der Waals surface area contributed by atoms with Crippen LogP contribution in [0.3, 0.4) is 0 Å². The van der Waals surface area contributed by atoms with Gasteiger partial charge in [0.2, 0.25) is 5.88 Å². The number of aromatic nitrogens is 1. The van der Waals surface area contributed by atoms with Crippen LogP contribution in [0.1, 0.15) is 10.4 Å². The molecule has 1 aromatic heterocycles. The fourth-order valence-corrected chi connectivity index (χ4v) is 1.54. The number of pyridine rings is 1. The number of hydrogen-bond donors (Lipinski definition) is 2. The SMILES string of the molecule is NC(=O)c1ccccc1Oc1cc([N+](=O)[O-])cc(N)n1. The number of nitrogens with two attached hydrogens (primary N) is 2. The number of para-hydroxylation sites is 1. The highest BCUT2D eigenvalue weighted by Crippen LogP contribution is 2.27. The molecule has 1 amide bonds. The number of primary amides is 1. The Kier molecular flexibility index (Phi) is 3.47. The van der Waals surface area contributed by atoms with E-state index >= 15 is 0 Å². The molecule has 1 aromatic carbocycles. The maximum atomic E-state index is 11.2. The Bertz CT molecular complexity index is 687. The van der Waals surface area contributed by atoms with Crippen molar-refractivity contribution in [3.05, 3.63) is 52.1 Å². The fraction of sp³-hybridized carbons (Fsp3) is 0. The Balaban J connectivity index is 2.40. The monoisotopic (exact) mass is 274 g/mol. The second-order valence-corrected chi connectivity index (χ2v) is 3.81. The van der Waals surface area contributed by atoms with E-state index in [0.29, 0.717) is 0 Å². The Morgan fingerprint density at radius 1 is 1.30 bits per heavy atom. The van der Waals surface area contributed by atoms with Crippen LogP contribution in [0.2, 0.25) is 0 Å². The van der Waals surface area contributed by atoms with E-state index in [2.05, 4.69) is 4.98 Å². The third-order valence-corrected chi connectivity index (χ3v) is 2.38. The average Bonchev–Trinajstić information content (AvgIpc) is 2.38. The maximum absolute atomic E-state index is 11.2. The minimum absolute atomic E-state index is 0.0641. The number of rotatable bonds is 4. The summed E-state index contributed by atoms with van der Waals surface area (Å²) < 4.78 is 5.35. The summed E-state index contributed by atoms with van der Waals surface area (Å²) in [5, 5.41) is 10.7. The van der Waals surface area contributed by atoms with Gasteiger partial charge >= 0.3 is 0 Å². The van der Waals surface area contributed by atoms with Crippen LogP contribution in [0.4, 0.5) is 11.5 Å². The summed E-state index contributed by atoms with van der Waals surface area (Å²) in [4.78, 5) is 25.2. The first-order valence-electron chi connectivity index (χ1n) is 5.46. The molecule has 102 valence electrons. The molecule has 0 atom stereocenters. The highest BCUT2D eigenvalue weighted by Gasteiger charge is 2.14. The predicted octanol–water partition coefficient (Wildman–Crippen LogP) is 1.46. The lowest BCUT2D eigenvalue weighted by Crippen LogP contribution is -2.12. The molecule has 2 aromatic rings. The number of anilines is 1. The number of nitro groups is 1. The van der Waals surface area contributed by atoms with Gasteiger partial charge in [0, 0.05) is 0 Å². The Morgan fingerprint density at radius 2 is 2.00 bits per heavy atom. The first-order chi connectivity index (χ1) is 9.47. The molecule has 0 spiro atoms. The van der Waals surface area contributed by atoms with E-state index in [1.54, 1.807) is 12.1 Å². The number of ether oxygens (including phenoxy) is 1. The van der Waals surface area contributed by atoms with Gasteiger partial charge in [0.1, 0.15) is 11.6 Å². The number of nitrogens with zero attached hydrogens (tertiary/aromatic N) is 2. The molecule has 0 radical (unpaired) electrons. The third kappa shape index (κ3) is 2.80. The number of nitrogen functional groups attached to an aromatic ring is 1. The van der Waals surface area contributed by atoms with Crippen molar-refractivity contribution < 1.29 is 14.5 Å². The van der Waals surface area contributed by atoms with E-state index < -0.39 is 10.8 Å². The van der Waals surface area contributed by atoms with Gasteiger partial charge < -0.3 is 16.2 Å². The summed E-state index contributed by atoms with van der Waals surface area (Å²) in [6.45, 7) is 0. The first kappa shape index (κ1) is 13.3. The van der Waals surface area contributed by atoms with Crippen molar-refractivity contribution in [2.24, 2.45) is 5.73 Å². The number of hydrogen-bond acceptors (Lipinski definition) is 6. The van der Waals surface area contributed by atoms with Crippen LogP contribution in [-0.2, 0) is 0 Å². The molecule has 8 heteroatoms. The van der Waals surface area contributed by atoms with Crippen molar-refractivity contribution >= 4 is 17.4 Å². The summed E-state index contributed by atoms with van der Waals surface area (Å²) in [7, 11) is 0. The lowest BCUT2D eigenvalue weighted by molar-refractivity contribution is -0.384. The van der Waals surface area contributed by atoms with Crippen molar-refractivity contribution in [1.29, 1.82) is 0 Å². The summed E-state index contributed by atoms with van der Waals surface area (Å²) in [5.41, 5.74) is 10.5. The molecule has 0 aliphatic carbocycles. The zero-order valence-electron chi connectivity index (χ0n) is 10.1. The molecular weight excluding hydrogens is 264 g/mol. The van der Waals surface area contributed by atoms with Gasteiger partial charge in [0.25, 0.3) is 11.6 Å². The Labute approximate surface area is 113 Å². The van der Waals surface area contributed by atoms with Gasteiger partial charge in [0.05, 0.1) is 22.6 Å². The molecule has 0 fully saturated rings. The smallest absolute Gasteiger partial charge is 0.278 e. The van der Waals surface area contributed by atoms with Crippen LogP contribution in [0, 0.1) is 10.1 Å². The van der Waals surface area contributed by atoms with Gasteiger partial charge in [-0.15, -0.1) is 0 Å². The normalized spacial score (nSPS) is 10.0. The number of carbonyl (C=O) groups excluding carboxylic acids is 1. The van der Waals surface area contributed by atoms with Crippen LogP contribution in [0.15, 0.2) is 36.4 Å². The third-order valence-electron chi connectivity index (χ3n) is 2.38. The fourth-order valence-electron chi connectivity index (χ4n) is 1.54. The van der Waals surface area contributed by atoms with E-state index in [1.165, 1.54) is 12.1 Å². The molecule has 20 heavy (non-hydrogen) atoms. The number of amides is 1. The lowest BCUT2D eigenvalue weighted by atomic mass is 10.2. The van der Waals surface area contributed by atoms with Gasteiger partial charge in [-0.1, -0.05) is 12.1 Å². The average molecular weight is 274 g/mol. The minimum atomic E-state index is -0.681. The largest absolute Gasteiger partial charge is 0.438 e.